The quantitative estimate of drug-likeness (QED) is 0.406. The SMILES string of the molecule is [2H]C([2H])(c1ccccc1OCCC1CC(C(=O)O)C1)N(C(=O)c1ccc(-c2ccco2)cc1)C(C)C. The van der Waals surface area contributed by atoms with E-state index in [9.17, 15) is 9.59 Å². The highest BCUT2D eigenvalue weighted by atomic mass is 16.5. The van der Waals surface area contributed by atoms with Crippen LogP contribution in [0.15, 0.2) is 71.3 Å². The molecule has 1 fully saturated rings. The minimum atomic E-state index is -2.13. The molecule has 1 aliphatic rings. The maximum atomic E-state index is 13.5. The predicted octanol–water partition coefficient (Wildman–Crippen LogP) is 5.88. The molecule has 1 N–H and O–H groups in total. The monoisotopic (exact) mass is 463 g/mol. The Kier molecular flexibility index (Phi) is 6.55. The van der Waals surface area contributed by atoms with E-state index < -0.39 is 24.4 Å². The second-order valence-corrected chi connectivity index (χ2v) is 8.94. The van der Waals surface area contributed by atoms with Crippen molar-refractivity contribution in [2.45, 2.75) is 45.6 Å². The largest absolute Gasteiger partial charge is 0.493 e. The van der Waals surface area contributed by atoms with Crippen LogP contribution in [-0.4, -0.2) is 34.5 Å². The van der Waals surface area contributed by atoms with Crippen LogP contribution in [0.25, 0.3) is 11.3 Å². The summed E-state index contributed by atoms with van der Waals surface area (Å²) >= 11 is 0. The van der Waals surface area contributed by atoms with Gasteiger partial charge in [0.15, 0.2) is 0 Å². The molecule has 0 radical (unpaired) electrons. The summed E-state index contributed by atoms with van der Waals surface area (Å²) in [5.74, 6) is -0.0763. The minimum absolute atomic E-state index is 0.268. The number of para-hydroxylation sites is 1. The van der Waals surface area contributed by atoms with Gasteiger partial charge in [0, 0.05) is 29.2 Å². The molecule has 6 nitrogen and oxygen atoms in total. The lowest BCUT2D eigenvalue weighted by molar-refractivity contribution is -0.146. The van der Waals surface area contributed by atoms with Gasteiger partial charge >= 0.3 is 5.97 Å². The molecule has 0 bridgehead atoms. The van der Waals surface area contributed by atoms with Gasteiger partial charge < -0.3 is 19.2 Å². The van der Waals surface area contributed by atoms with E-state index in [1.807, 2.05) is 6.07 Å². The van der Waals surface area contributed by atoms with Crippen molar-refractivity contribution in [3.63, 3.8) is 0 Å². The molecule has 178 valence electrons. The second kappa shape index (κ2) is 10.6. The van der Waals surface area contributed by atoms with Crippen molar-refractivity contribution >= 4 is 11.9 Å². The summed E-state index contributed by atoms with van der Waals surface area (Å²) in [6.45, 7) is 1.79. The van der Waals surface area contributed by atoms with Crippen LogP contribution in [0.4, 0.5) is 0 Å². The molecule has 34 heavy (non-hydrogen) atoms. The molecule has 3 aromatic rings. The summed E-state index contributed by atoms with van der Waals surface area (Å²) in [6, 6.07) is 17.0. The van der Waals surface area contributed by atoms with Crippen LogP contribution in [0.5, 0.6) is 5.75 Å². The summed E-state index contributed by atoms with van der Waals surface area (Å²) in [4.78, 5) is 25.8. The van der Waals surface area contributed by atoms with Crippen molar-refractivity contribution in [2.24, 2.45) is 11.8 Å². The fourth-order valence-corrected chi connectivity index (χ4v) is 4.10. The molecular weight excluding hydrogens is 430 g/mol. The molecule has 0 atom stereocenters. The lowest BCUT2D eigenvalue weighted by atomic mass is 9.73. The molecule has 4 rings (SSSR count). The number of nitrogens with zero attached hydrogens (tertiary/aromatic N) is 1. The van der Waals surface area contributed by atoms with Gasteiger partial charge in [-0.05, 0) is 69.4 Å². The number of carbonyl (C=O) groups is 2. The first-order chi connectivity index (χ1) is 17.2. The van der Waals surface area contributed by atoms with E-state index in [1.54, 1.807) is 74.7 Å². The zero-order chi connectivity index (χ0) is 25.9. The van der Waals surface area contributed by atoms with Gasteiger partial charge in [0.2, 0.25) is 0 Å². The Morgan fingerprint density at radius 1 is 1.12 bits per heavy atom. The number of amides is 1. The molecule has 0 aliphatic heterocycles. The number of aliphatic carboxylic acids is 1. The van der Waals surface area contributed by atoms with E-state index in [0.717, 1.165) is 5.56 Å². The standard InChI is InChI=1S/C28H31NO5/c1-19(2)29(27(30)22-11-9-21(10-12-22)25-8-5-14-33-25)18-23-6-3-4-7-26(23)34-15-13-20-16-24(17-20)28(31)32/h3-12,14,19-20,24H,13,15-18H2,1-2H3,(H,31,32)/i18D2. The topological polar surface area (TPSA) is 80.0 Å². The summed E-state index contributed by atoms with van der Waals surface area (Å²) in [7, 11) is 0. The Hall–Kier alpha value is -3.54. The van der Waals surface area contributed by atoms with E-state index >= 15 is 0 Å². The van der Waals surface area contributed by atoms with Crippen LogP contribution in [0.2, 0.25) is 0 Å². The van der Waals surface area contributed by atoms with Crippen LogP contribution >= 0.6 is 0 Å². The van der Waals surface area contributed by atoms with Gasteiger partial charge in [-0.1, -0.05) is 30.3 Å². The Morgan fingerprint density at radius 3 is 2.50 bits per heavy atom. The van der Waals surface area contributed by atoms with E-state index in [0.29, 0.717) is 48.9 Å². The van der Waals surface area contributed by atoms with E-state index in [-0.39, 0.29) is 11.5 Å². The normalized spacial score (nSPS) is 18.6. The minimum Gasteiger partial charge on any atom is -0.493 e. The van der Waals surface area contributed by atoms with Gasteiger partial charge in [-0.15, -0.1) is 0 Å². The van der Waals surface area contributed by atoms with Crippen LogP contribution in [0.3, 0.4) is 0 Å². The summed E-state index contributed by atoms with van der Waals surface area (Å²) < 4.78 is 29.3. The van der Waals surface area contributed by atoms with Crippen LogP contribution in [-0.2, 0) is 11.3 Å². The first kappa shape index (κ1) is 21.0. The number of hydrogen-bond acceptors (Lipinski definition) is 4. The highest BCUT2D eigenvalue weighted by Crippen LogP contribution is 2.36. The van der Waals surface area contributed by atoms with Gasteiger partial charge in [-0.25, -0.2) is 0 Å². The van der Waals surface area contributed by atoms with Crippen LogP contribution in [0.1, 0.15) is 51.8 Å². The molecule has 1 aromatic heterocycles. The second-order valence-electron chi connectivity index (χ2n) is 8.94. The Bertz CT molecular complexity index is 1180. The number of carboxylic acid groups (broad SMARTS) is 1. The first-order valence-corrected chi connectivity index (χ1v) is 11.6. The third-order valence-electron chi connectivity index (χ3n) is 6.17. The zero-order valence-electron chi connectivity index (χ0n) is 21.4. The number of hydrogen-bond donors (Lipinski definition) is 1. The Morgan fingerprint density at radius 2 is 1.85 bits per heavy atom. The predicted molar refractivity (Wildman–Crippen MR) is 130 cm³/mol. The third-order valence-corrected chi connectivity index (χ3v) is 6.17. The Labute approximate surface area is 203 Å². The van der Waals surface area contributed by atoms with Crippen LogP contribution < -0.4 is 4.74 Å². The summed E-state index contributed by atoms with van der Waals surface area (Å²) in [5, 5.41) is 9.05. The number of carbonyl (C=O) groups excluding carboxylic acids is 1. The maximum absolute atomic E-state index is 13.5. The number of benzene rings is 2. The van der Waals surface area contributed by atoms with Gasteiger partial charge in [0.05, 0.1) is 21.5 Å². The Balaban J connectivity index is 1.50. The van der Waals surface area contributed by atoms with E-state index in [4.69, 9.17) is 17.0 Å². The van der Waals surface area contributed by atoms with Crippen molar-refractivity contribution in [3.05, 3.63) is 78.1 Å². The van der Waals surface area contributed by atoms with Crippen molar-refractivity contribution in [1.82, 2.24) is 4.90 Å². The molecule has 1 heterocycles. The molecule has 1 aliphatic carbocycles. The molecule has 0 unspecified atom stereocenters. The molecule has 6 heteroatoms. The molecule has 1 amide bonds. The number of ether oxygens (including phenoxy) is 1. The molecule has 2 aromatic carbocycles. The van der Waals surface area contributed by atoms with Gasteiger partial charge in [-0.3, -0.25) is 9.59 Å². The lowest BCUT2D eigenvalue weighted by Gasteiger charge is -2.32. The van der Waals surface area contributed by atoms with Crippen molar-refractivity contribution in [3.8, 4) is 17.1 Å². The molecule has 0 spiro atoms. The highest BCUT2D eigenvalue weighted by Gasteiger charge is 2.34. The van der Waals surface area contributed by atoms with Crippen molar-refractivity contribution in [2.75, 3.05) is 6.61 Å². The van der Waals surface area contributed by atoms with Gasteiger partial charge in [0.25, 0.3) is 5.91 Å². The number of carboxylic acids is 1. The molecule has 0 saturated heterocycles. The van der Waals surface area contributed by atoms with Crippen LogP contribution in [0, 0.1) is 11.8 Å². The van der Waals surface area contributed by atoms with Gasteiger partial charge in [-0.2, -0.15) is 0 Å². The van der Waals surface area contributed by atoms with Crippen molar-refractivity contribution < 1.29 is 26.6 Å². The van der Waals surface area contributed by atoms with Crippen molar-refractivity contribution in [1.29, 1.82) is 0 Å². The fraction of sp³-hybridized carbons (Fsp3) is 0.357. The first-order valence-electron chi connectivity index (χ1n) is 12.6. The lowest BCUT2D eigenvalue weighted by Crippen LogP contribution is -2.36. The number of rotatable bonds is 10. The molecular formula is C28H31NO5. The van der Waals surface area contributed by atoms with E-state index in [2.05, 4.69) is 0 Å². The average molecular weight is 464 g/mol. The zero-order valence-corrected chi connectivity index (χ0v) is 19.4. The maximum Gasteiger partial charge on any atom is 0.306 e. The summed E-state index contributed by atoms with van der Waals surface area (Å²) in [5.41, 5.74) is 1.48. The van der Waals surface area contributed by atoms with Gasteiger partial charge in [0.1, 0.15) is 11.5 Å². The molecule has 1 saturated carbocycles. The summed E-state index contributed by atoms with van der Waals surface area (Å²) in [6.07, 6.45) is 3.59. The van der Waals surface area contributed by atoms with E-state index in [1.165, 1.54) is 4.90 Å². The average Bonchev–Trinajstić information content (AvgIpc) is 3.35. The third kappa shape index (κ3) is 5.50. The smallest absolute Gasteiger partial charge is 0.306 e. The number of furan rings is 1. The highest BCUT2D eigenvalue weighted by molar-refractivity contribution is 5.94. The fourth-order valence-electron chi connectivity index (χ4n) is 4.10.